The molecule has 10 heteroatoms. The maximum absolute atomic E-state index is 10.4. The third-order valence-electron chi connectivity index (χ3n) is 7.74. The van der Waals surface area contributed by atoms with Crippen LogP contribution >= 0.6 is 0 Å². The molecule has 208 valence electrons. The summed E-state index contributed by atoms with van der Waals surface area (Å²) in [6, 6.07) is 19.3. The van der Waals surface area contributed by atoms with Gasteiger partial charge in [0, 0.05) is 36.3 Å². The van der Waals surface area contributed by atoms with E-state index < -0.39 is 25.4 Å². The molecular formula is C30H34B2O8. The molecule has 4 aromatic carbocycles. The average Bonchev–Trinajstić information content (AvgIpc) is 3.15. The van der Waals surface area contributed by atoms with Crippen molar-refractivity contribution >= 4 is 46.7 Å². The maximum atomic E-state index is 10.4. The zero-order valence-corrected chi connectivity index (χ0v) is 23.7. The summed E-state index contributed by atoms with van der Waals surface area (Å²) in [5.74, 6) is 0.755. The molecule has 0 unspecified atom stereocenters. The summed E-state index contributed by atoms with van der Waals surface area (Å²) >= 11 is 0. The molecule has 0 amide bonds. The van der Waals surface area contributed by atoms with Crippen LogP contribution in [-0.4, -0.2) is 63.3 Å². The van der Waals surface area contributed by atoms with Crippen molar-refractivity contribution in [2.75, 3.05) is 27.8 Å². The fourth-order valence-corrected chi connectivity index (χ4v) is 5.08. The van der Waals surface area contributed by atoms with Gasteiger partial charge in [-0.05, 0) is 49.2 Å². The first-order valence-electron chi connectivity index (χ1n) is 13.2. The number of hydrogen-bond donors (Lipinski definition) is 2. The van der Waals surface area contributed by atoms with E-state index in [-0.39, 0.29) is 24.8 Å². The Morgan fingerprint density at radius 2 is 1.20 bits per heavy atom. The van der Waals surface area contributed by atoms with Crippen LogP contribution in [0.5, 0.6) is 11.5 Å². The summed E-state index contributed by atoms with van der Waals surface area (Å²) in [6.07, 6.45) is 0. The fraction of sp³-hybridized carbons (Fsp3) is 0.333. The first-order chi connectivity index (χ1) is 19.1. The number of rotatable bonds is 9. The van der Waals surface area contributed by atoms with E-state index in [1.807, 2.05) is 82.3 Å². The van der Waals surface area contributed by atoms with Gasteiger partial charge < -0.3 is 38.3 Å². The summed E-state index contributed by atoms with van der Waals surface area (Å²) < 4.78 is 36.0. The van der Waals surface area contributed by atoms with Crippen molar-refractivity contribution < 1.29 is 38.3 Å². The van der Waals surface area contributed by atoms with Crippen LogP contribution in [0.3, 0.4) is 0 Å². The lowest BCUT2D eigenvalue weighted by Crippen LogP contribution is -2.41. The number of fused-ring (bicyclic) bond motifs is 2. The normalized spacial score (nSPS) is 16.1. The molecule has 0 radical (unpaired) electrons. The summed E-state index contributed by atoms with van der Waals surface area (Å²) in [7, 11) is 0.537. The molecule has 0 aliphatic carbocycles. The Labute approximate surface area is 235 Å². The molecule has 5 rings (SSSR count). The second kappa shape index (κ2) is 11.0. The second-order valence-electron chi connectivity index (χ2n) is 10.8. The number of ether oxygens (including phenoxy) is 4. The number of hydrogen-bond acceptors (Lipinski definition) is 8. The molecule has 0 atom stereocenters. The minimum absolute atomic E-state index is 0.0354. The minimum Gasteiger partial charge on any atom is -0.467 e. The van der Waals surface area contributed by atoms with Crippen molar-refractivity contribution in [3.8, 4) is 22.6 Å². The number of methoxy groups -OCH3 is 2. The molecule has 0 spiro atoms. The molecule has 8 nitrogen and oxygen atoms in total. The molecule has 40 heavy (non-hydrogen) atoms. The quantitative estimate of drug-likeness (QED) is 0.244. The van der Waals surface area contributed by atoms with Crippen LogP contribution in [0.15, 0.2) is 60.7 Å². The van der Waals surface area contributed by atoms with Gasteiger partial charge >= 0.3 is 14.2 Å². The largest absolute Gasteiger partial charge is 0.498 e. The summed E-state index contributed by atoms with van der Waals surface area (Å²) in [6.45, 7) is 7.87. The van der Waals surface area contributed by atoms with Crippen LogP contribution in [0.4, 0.5) is 0 Å². The van der Waals surface area contributed by atoms with Gasteiger partial charge in [0.25, 0.3) is 0 Å². The summed E-state index contributed by atoms with van der Waals surface area (Å²) in [4.78, 5) is 0. The van der Waals surface area contributed by atoms with Crippen LogP contribution in [0, 0.1) is 0 Å². The van der Waals surface area contributed by atoms with E-state index >= 15 is 0 Å². The third kappa shape index (κ3) is 4.96. The SMILES string of the molecule is COCOc1c(B(O)O)cc2ccccc2c1-c1c(OCOC)c(B2OC(C)(C)C(C)(C)O2)cc2ccccc12. The van der Waals surface area contributed by atoms with Crippen molar-refractivity contribution in [3.63, 3.8) is 0 Å². The van der Waals surface area contributed by atoms with Gasteiger partial charge in [0.2, 0.25) is 0 Å². The molecule has 1 aliphatic rings. The summed E-state index contributed by atoms with van der Waals surface area (Å²) in [5, 5.41) is 24.3. The van der Waals surface area contributed by atoms with Crippen molar-refractivity contribution in [2.24, 2.45) is 0 Å². The fourth-order valence-electron chi connectivity index (χ4n) is 5.08. The molecule has 0 bridgehead atoms. The highest BCUT2D eigenvalue weighted by Gasteiger charge is 2.53. The highest BCUT2D eigenvalue weighted by molar-refractivity contribution is 6.64. The van der Waals surface area contributed by atoms with Gasteiger partial charge in [-0.3, -0.25) is 0 Å². The Hall–Kier alpha value is -3.11. The highest BCUT2D eigenvalue weighted by atomic mass is 16.7. The van der Waals surface area contributed by atoms with Gasteiger partial charge in [-0.25, -0.2) is 0 Å². The Morgan fingerprint density at radius 1 is 0.725 bits per heavy atom. The Balaban J connectivity index is 1.93. The molecule has 0 saturated carbocycles. The molecule has 2 N–H and O–H groups in total. The van der Waals surface area contributed by atoms with E-state index in [1.54, 1.807) is 13.2 Å². The van der Waals surface area contributed by atoms with Crippen LogP contribution in [0.2, 0.25) is 0 Å². The van der Waals surface area contributed by atoms with Gasteiger partial charge in [-0.15, -0.1) is 0 Å². The topological polar surface area (TPSA) is 95.8 Å². The molecule has 1 aliphatic heterocycles. The zero-order valence-electron chi connectivity index (χ0n) is 23.7. The van der Waals surface area contributed by atoms with Gasteiger partial charge in [0.1, 0.15) is 11.5 Å². The second-order valence-corrected chi connectivity index (χ2v) is 10.8. The van der Waals surface area contributed by atoms with Crippen LogP contribution in [0.1, 0.15) is 27.7 Å². The monoisotopic (exact) mass is 544 g/mol. The standard InChI is InChI=1S/C30H34B2O8/c1-29(2)30(3,4)40-32(39-29)24-16-20-12-8-10-14-22(20)26(28(24)38-18-36-6)25-21-13-9-7-11-19(21)15-23(31(33)34)27(25)37-17-35-5/h7-16,33-34H,17-18H2,1-6H3. The van der Waals surface area contributed by atoms with Crippen molar-refractivity contribution in [1.82, 2.24) is 0 Å². The number of benzene rings is 4. The molecule has 1 fully saturated rings. The maximum Gasteiger partial charge on any atom is 0.498 e. The third-order valence-corrected chi connectivity index (χ3v) is 7.74. The molecule has 0 aromatic heterocycles. The van der Waals surface area contributed by atoms with Gasteiger partial charge in [-0.1, -0.05) is 60.7 Å². The van der Waals surface area contributed by atoms with E-state index in [4.69, 9.17) is 28.3 Å². The Bertz CT molecular complexity index is 1520. The lowest BCUT2D eigenvalue weighted by molar-refractivity contribution is 0.00578. The van der Waals surface area contributed by atoms with E-state index in [1.165, 1.54) is 7.11 Å². The highest BCUT2D eigenvalue weighted by Crippen LogP contribution is 2.46. The minimum atomic E-state index is -1.80. The van der Waals surface area contributed by atoms with Gasteiger partial charge in [0.05, 0.1) is 11.2 Å². The van der Waals surface area contributed by atoms with E-state index in [9.17, 15) is 10.0 Å². The van der Waals surface area contributed by atoms with E-state index in [0.717, 1.165) is 21.5 Å². The van der Waals surface area contributed by atoms with E-state index in [2.05, 4.69) is 0 Å². The first kappa shape index (κ1) is 28.4. The van der Waals surface area contributed by atoms with Crippen LogP contribution < -0.4 is 20.4 Å². The molecule has 1 saturated heterocycles. The average molecular weight is 544 g/mol. The van der Waals surface area contributed by atoms with Gasteiger partial charge in [-0.2, -0.15) is 0 Å². The molecular weight excluding hydrogens is 510 g/mol. The summed E-state index contributed by atoms with van der Waals surface area (Å²) in [5.41, 5.74) is 1.03. The van der Waals surface area contributed by atoms with Crippen molar-refractivity contribution in [1.29, 1.82) is 0 Å². The van der Waals surface area contributed by atoms with Crippen LogP contribution in [-0.2, 0) is 18.8 Å². The lowest BCUT2D eigenvalue weighted by atomic mass is 9.73. The lowest BCUT2D eigenvalue weighted by Gasteiger charge is -2.32. The van der Waals surface area contributed by atoms with Gasteiger partial charge in [0.15, 0.2) is 13.6 Å². The predicted molar refractivity (Wildman–Crippen MR) is 157 cm³/mol. The molecule has 4 aromatic rings. The predicted octanol–water partition coefficient (Wildman–Crippen LogP) is 3.60. The smallest absolute Gasteiger partial charge is 0.467 e. The van der Waals surface area contributed by atoms with Crippen molar-refractivity contribution in [2.45, 2.75) is 38.9 Å². The van der Waals surface area contributed by atoms with E-state index in [0.29, 0.717) is 22.3 Å². The Kier molecular flexibility index (Phi) is 7.85. The van der Waals surface area contributed by atoms with Crippen molar-refractivity contribution in [3.05, 3.63) is 60.7 Å². The first-order valence-corrected chi connectivity index (χ1v) is 13.2. The Morgan fingerprint density at radius 3 is 1.73 bits per heavy atom. The van der Waals surface area contributed by atoms with Crippen LogP contribution in [0.25, 0.3) is 32.7 Å². The zero-order chi connectivity index (χ0) is 28.7. The molecule has 1 heterocycles.